The molecule has 1 heterocycles. The zero-order chi connectivity index (χ0) is 14.0. The third kappa shape index (κ3) is 2.42. The third-order valence-electron chi connectivity index (χ3n) is 4.47. The fourth-order valence-electron chi connectivity index (χ4n) is 3.13. The van der Waals surface area contributed by atoms with Crippen LogP contribution in [0.3, 0.4) is 0 Å². The maximum absolute atomic E-state index is 12.3. The van der Waals surface area contributed by atoms with Crippen molar-refractivity contribution in [2.75, 3.05) is 0 Å². The van der Waals surface area contributed by atoms with Gasteiger partial charge in [-0.1, -0.05) is 43.7 Å². The second-order valence-corrected chi connectivity index (χ2v) is 5.50. The van der Waals surface area contributed by atoms with E-state index in [1.807, 2.05) is 31.2 Å². The summed E-state index contributed by atoms with van der Waals surface area (Å²) in [5.41, 5.74) is 1.95. The smallest absolute Gasteiger partial charge is 0.234 e. The highest BCUT2D eigenvalue weighted by atomic mass is 16.2. The van der Waals surface area contributed by atoms with Gasteiger partial charge in [0, 0.05) is 6.42 Å². The predicted octanol–water partition coefficient (Wildman–Crippen LogP) is 2.93. The summed E-state index contributed by atoms with van der Waals surface area (Å²) in [7, 11) is 0. The number of piperidine rings is 1. The van der Waals surface area contributed by atoms with Crippen LogP contribution < -0.4 is 5.32 Å². The van der Waals surface area contributed by atoms with E-state index < -0.39 is 0 Å². The molecule has 2 rings (SSSR count). The number of aryl methyl sites for hydroxylation is 1. The maximum atomic E-state index is 12.3. The molecule has 0 radical (unpaired) electrons. The molecule has 0 bridgehead atoms. The van der Waals surface area contributed by atoms with Crippen molar-refractivity contribution in [1.29, 1.82) is 0 Å². The summed E-state index contributed by atoms with van der Waals surface area (Å²) < 4.78 is 0. The van der Waals surface area contributed by atoms with Crippen molar-refractivity contribution < 1.29 is 9.59 Å². The van der Waals surface area contributed by atoms with Crippen molar-refractivity contribution in [3.05, 3.63) is 35.4 Å². The number of imide groups is 1. The second-order valence-electron chi connectivity index (χ2n) is 5.50. The molecule has 2 amide bonds. The molecule has 1 unspecified atom stereocenters. The molecule has 1 N–H and O–H groups in total. The van der Waals surface area contributed by atoms with E-state index in [4.69, 9.17) is 0 Å². The van der Waals surface area contributed by atoms with E-state index in [0.29, 0.717) is 6.42 Å². The molecular formula is C16H21NO2. The van der Waals surface area contributed by atoms with Gasteiger partial charge in [-0.25, -0.2) is 0 Å². The van der Waals surface area contributed by atoms with Crippen LogP contribution in [0.4, 0.5) is 0 Å². The number of hydrogen-bond donors (Lipinski definition) is 1. The van der Waals surface area contributed by atoms with Crippen LogP contribution in [0.1, 0.15) is 50.2 Å². The molecule has 3 heteroatoms. The Hall–Kier alpha value is -1.64. The largest absolute Gasteiger partial charge is 0.296 e. The molecule has 0 saturated carbocycles. The van der Waals surface area contributed by atoms with Crippen LogP contribution in [0.25, 0.3) is 0 Å². The zero-order valence-electron chi connectivity index (χ0n) is 11.8. The molecule has 1 aliphatic heterocycles. The zero-order valence-corrected chi connectivity index (χ0v) is 11.8. The van der Waals surface area contributed by atoms with Gasteiger partial charge in [0.15, 0.2) is 0 Å². The van der Waals surface area contributed by atoms with Crippen molar-refractivity contribution in [3.8, 4) is 0 Å². The van der Waals surface area contributed by atoms with E-state index in [1.165, 1.54) is 5.56 Å². The first-order valence-corrected chi connectivity index (χ1v) is 6.92. The molecule has 102 valence electrons. The lowest BCUT2D eigenvalue weighted by Crippen LogP contribution is -2.50. The average Bonchev–Trinajstić information content (AvgIpc) is 2.39. The first-order chi connectivity index (χ1) is 9.02. The average molecular weight is 259 g/mol. The van der Waals surface area contributed by atoms with E-state index >= 15 is 0 Å². The van der Waals surface area contributed by atoms with Crippen molar-refractivity contribution in [2.24, 2.45) is 5.41 Å². The summed E-state index contributed by atoms with van der Waals surface area (Å²) in [6.45, 7) is 6.16. The van der Waals surface area contributed by atoms with Gasteiger partial charge in [-0.3, -0.25) is 14.9 Å². The monoisotopic (exact) mass is 259 g/mol. The van der Waals surface area contributed by atoms with Crippen LogP contribution in [-0.2, 0) is 9.59 Å². The van der Waals surface area contributed by atoms with Gasteiger partial charge in [-0.15, -0.1) is 0 Å². The fourth-order valence-corrected chi connectivity index (χ4v) is 3.13. The van der Waals surface area contributed by atoms with Crippen molar-refractivity contribution in [1.82, 2.24) is 5.32 Å². The molecule has 1 fully saturated rings. The van der Waals surface area contributed by atoms with E-state index in [-0.39, 0.29) is 23.1 Å². The minimum Gasteiger partial charge on any atom is -0.296 e. The maximum Gasteiger partial charge on any atom is 0.234 e. The molecular weight excluding hydrogens is 238 g/mol. The number of amides is 2. The Kier molecular flexibility index (Phi) is 3.74. The van der Waals surface area contributed by atoms with Gasteiger partial charge in [0.2, 0.25) is 11.8 Å². The standard InChI is InChI=1S/C16H21NO2/c1-4-16(5-2)10-13(18)17-15(19)14(16)12-8-6-11(3)7-9-12/h6-9,14H,4-5,10H2,1-3H3,(H,17,18,19). The quantitative estimate of drug-likeness (QED) is 0.848. The SMILES string of the molecule is CCC1(CC)CC(=O)NC(=O)C1c1ccc(C)cc1. The summed E-state index contributed by atoms with van der Waals surface area (Å²) in [5, 5.41) is 2.49. The number of carbonyl (C=O) groups excluding carboxylic acids is 2. The fraction of sp³-hybridized carbons (Fsp3) is 0.500. The van der Waals surface area contributed by atoms with E-state index in [2.05, 4.69) is 19.2 Å². The van der Waals surface area contributed by atoms with Gasteiger partial charge in [0.1, 0.15) is 0 Å². The van der Waals surface area contributed by atoms with Gasteiger partial charge in [0.25, 0.3) is 0 Å². The van der Waals surface area contributed by atoms with Crippen LogP contribution in [0.5, 0.6) is 0 Å². The molecule has 0 aliphatic carbocycles. The minimum absolute atomic E-state index is 0.142. The van der Waals surface area contributed by atoms with Crippen molar-refractivity contribution in [3.63, 3.8) is 0 Å². The summed E-state index contributed by atoms with van der Waals surface area (Å²) in [6, 6.07) is 8.06. The lowest BCUT2D eigenvalue weighted by molar-refractivity contribution is -0.140. The van der Waals surface area contributed by atoms with Gasteiger partial charge in [-0.05, 0) is 30.7 Å². The Balaban J connectivity index is 2.46. The number of nitrogens with one attached hydrogen (secondary N) is 1. The highest BCUT2D eigenvalue weighted by molar-refractivity contribution is 6.02. The molecule has 1 atom stereocenters. The third-order valence-corrected chi connectivity index (χ3v) is 4.47. The first-order valence-electron chi connectivity index (χ1n) is 6.92. The molecule has 0 aromatic heterocycles. The number of carbonyl (C=O) groups is 2. The lowest BCUT2D eigenvalue weighted by atomic mass is 9.64. The van der Waals surface area contributed by atoms with E-state index in [0.717, 1.165) is 18.4 Å². The van der Waals surface area contributed by atoms with Crippen LogP contribution in [0.15, 0.2) is 24.3 Å². The second kappa shape index (κ2) is 5.16. The Morgan fingerprint density at radius 3 is 2.26 bits per heavy atom. The van der Waals surface area contributed by atoms with Crippen molar-refractivity contribution in [2.45, 2.75) is 46.0 Å². The molecule has 1 saturated heterocycles. The van der Waals surface area contributed by atoms with Crippen LogP contribution in [-0.4, -0.2) is 11.8 Å². The highest BCUT2D eigenvalue weighted by Crippen LogP contribution is 2.46. The molecule has 0 spiro atoms. The van der Waals surface area contributed by atoms with E-state index in [9.17, 15) is 9.59 Å². The predicted molar refractivity (Wildman–Crippen MR) is 74.7 cm³/mol. The Morgan fingerprint density at radius 2 is 1.74 bits per heavy atom. The number of rotatable bonds is 3. The Morgan fingerprint density at radius 1 is 1.16 bits per heavy atom. The Labute approximate surface area is 114 Å². The van der Waals surface area contributed by atoms with Crippen LogP contribution >= 0.6 is 0 Å². The summed E-state index contributed by atoms with van der Waals surface area (Å²) in [5.74, 6) is -0.512. The van der Waals surface area contributed by atoms with Crippen molar-refractivity contribution >= 4 is 11.8 Å². The summed E-state index contributed by atoms with van der Waals surface area (Å²) >= 11 is 0. The molecule has 19 heavy (non-hydrogen) atoms. The number of benzene rings is 1. The van der Waals surface area contributed by atoms with Gasteiger partial charge >= 0.3 is 0 Å². The Bertz CT molecular complexity index is 486. The molecule has 1 aromatic carbocycles. The van der Waals surface area contributed by atoms with Gasteiger partial charge in [0.05, 0.1) is 5.92 Å². The normalized spacial score (nSPS) is 22.2. The highest BCUT2D eigenvalue weighted by Gasteiger charge is 2.46. The lowest BCUT2D eigenvalue weighted by Gasteiger charge is -2.41. The summed E-state index contributed by atoms with van der Waals surface area (Å²) in [4.78, 5) is 24.0. The topological polar surface area (TPSA) is 46.2 Å². The molecule has 3 nitrogen and oxygen atoms in total. The minimum atomic E-state index is -0.241. The summed E-state index contributed by atoms with van der Waals surface area (Å²) in [6.07, 6.45) is 2.10. The molecule has 1 aromatic rings. The molecule has 1 aliphatic rings. The number of hydrogen-bond acceptors (Lipinski definition) is 2. The van der Waals surface area contributed by atoms with Crippen LogP contribution in [0, 0.1) is 12.3 Å². The van der Waals surface area contributed by atoms with E-state index in [1.54, 1.807) is 0 Å². The van der Waals surface area contributed by atoms with Gasteiger partial charge in [-0.2, -0.15) is 0 Å². The van der Waals surface area contributed by atoms with Crippen LogP contribution in [0.2, 0.25) is 0 Å². The first kappa shape index (κ1) is 13.8. The van der Waals surface area contributed by atoms with Gasteiger partial charge < -0.3 is 0 Å².